The summed E-state index contributed by atoms with van der Waals surface area (Å²) in [6.07, 6.45) is 0.873. The van der Waals surface area contributed by atoms with Crippen molar-refractivity contribution in [3.05, 3.63) is 29.0 Å². The van der Waals surface area contributed by atoms with E-state index in [-0.39, 0.29) is 35.5 Å². The lowest BCUT2D eigenvalue weighted by molar-refractivity contribution is -0.122. The van der Waals surface area contributed by atoms with Gasteiger partial charge in [-0.3, -0.25) is 9.69 Å². The van der Waals surface area contributed by atoms with Gasteiger partial charge in [-0.05, 0) is 24.6 Å². The van der Waals surface area contributed by atoms with E-state index in [1.54, 1.807) is 0 Å². The molecule has 134 valence electrons. The number of amides is 1. The van der Waals surface area contributed by atoms with Gasteiger partial charge in [0, 0.05) is 32.7 Å². The Bertz CT molecular complexity index is 691. The smallest absolute Gasteiger partial charge is 0.243 e. The second-order valence-electron chi connectivity index (χ2n) is 5.61. The highest BCUT2D eigenvalue weighted by Gasteiger charge is 2.29. The van der Waals surface area contributed by atoms with Gasteiger partial charge in [0.2, 0.25) is 15.9 Å². The standard InChI is InChI=1S/C15H21ClFN3O3S/c1-2-5-18-15(21)11-19-6-8-20(9-7-19)24(22,23)12-3-4-14(17)13(16)10-12/h3-4,10H,2,5-9,11H2,1H3,(H,18,21). The summed E-state index contributed by atoms with van der Waals surface area (Å²) in [5, 5.41) is 2.58. The van der Waals surface area contributed by atoms with Crippen LogP contribution in [0.5, 0.6) is 0 Å². The second-order valence-corrected chi connectivity index (χ2v) is 7.95. The van der Waals surface area contributed by atoms with Crippen LogP contribution in [0.2, 0.25) is 5.02 Å². The molecular formula is C15H21ClFN3O3S. The molecule has 0 saturated carbocycles. The van der Waals surface area contributed by atoms with Crippen molar-refractivity contribution in [1.82, 2.24) is 14.5 Å². The van der Waals surface area contributed by atoms with Crippen LogP contribution in [0.4, 0.5) is 4.39 Å². The summed E-state index contributed by atoms with van der Waals surface area (Å²) in [7, 11) is -3.71. The lowest BCUT2D eigenvalue weighted by atomic mass is 10.3. The summed E-state index contributed by atoms with van der Waals surface area (Å²) in [6, 6.07) is 3.38. The van der Waals surface area contributed by atoms with Gasteiger partial charge in [0.25, 0.3) is 0 Å². The van der Waals surface area contributed by atoms with Gasteiger partial charge >= 0.3 is 0 Å². The number of sulfonamides is 1. The second kappa shape index (κ2) is 8.24. The maximum Gasteiger partial charge on any atom is 0.243 e. The lowest BCUT2D eigenvalue weighted by Crippen LogP contribution is -2.51. The van der Waals surface area contributed by atoms with Gasteiger partial charge in [-0.2, -0.15) is 4.31 Å². The predicted octanol–water partition coefficient (Wildman–Crippen LogP) is 1.31. The van der Waals surface area contributed by atoms with Crippen molar-refractivity contribution >= 4 is 27.5 Å². The number of halogens is 2. The highest BCUT2D eigenvalue weighted by molar-refractivity contribution is 7.89. The van der Waals surface area contributed by atoms with Gasteiger partial charge in [0.05, 0.1) is 16.5 Å². The molecule has 1 aromatic carbocycles. The molecule has 1 fully saturated rings. The molecule has 0 atom stereocenters. The molecule has 0 aliphatic carbocycles. The van der Waals surface area contributed by atoms with E-state index in [2.05, 4.69) is 5.32 Å². The molecule has 0 spiro atoms. The molecular weight excluding hydrogens is 357 g/mol. The van der Waals surface area contributed by atoms with E-state index < -0.39 is 15.8 Å². The Balaban J connectivity index is 1.95. The predicted molar refractivity (Wildman–Crippen MR) is 89.9 cm³/mol. The van der Waals surface area contributed by atoms with E-state index in [9.17, 15) is 17.6 Å². The Morgan fingerprint density at radius 1 is 1.29 bits per heavy atom. The van der Waals surface area contributed by atoms with Gasteiger partial charge in [0.1, 0.15) is 5.82 Å². The molecule has 24 heavy (non-hydrogen) atoms. The topological polar surface area (TPSA) is 69.7 Å². The molecule has 1 aliphatic heterocycles. The molecule has 2 rings (SSSR count). The van der Waals surface area contributed by atoms with Crippen LogP contribution in [0.15, 0.2) is 23.1 Å². The Hall–Kier alpha value is -1.22. The highest BCUT2D eigenvalue weighted by Crippen LogP contribution is 2.23. The van der Waals surface area contributed by atoms with Gasteiger partial charge < -0.3 is 5.32 Å². The van der Waals surface area contributed by atoms with Gasteiger partial charge in [-0.25, -0.2) is 12.8 Å². The van der Waals surface area contributed by atoms with Crippen LogP contribution in [-0.2, 0) is 14.8 Å². The van der Waals surface area contributed by atoms with E-state index in [0.717, 1.165) is 18.6 Å². The number of piperazine rings is 1. The fourth-order valence-electron chi connectivity index (χ4n) is 2.44. The monoisotopic (exact) mass is 377 g/mol. The van der Waals surface area contributed by atoms with Gasteiger partial charge in [-0.1, -0.05) is 18.5 Å². The van der Waals surface area contributed by atoms with Crippen molar-refractivity contribution in [2.24, 2.45) is 0 Å². The van der Waals surface area contributed by atoms with E-state index in [1.165, 1.54) is 10.4 Å². The van der Waals surface area contributed by atoms with Gasteiger partial charge in [0.15, 0.2) is 0 Å². The fraction of sp³-hybridized carbons (Fsp3) is 0.533. The molecule has 1 N–H and O–H groups in total. The van der Waals surface area contributed by atoms with E-state index in [0.29, 0.717) is 19.6 Å². The normalized spacial score (nSPS) is 17.0. The zero-order valence-corrected chi connectivity index (χ0v) is 15.0. The van der Waals surface area contributed by atoms with Crippen molar-refractivity contribution in [3.63, 3.8) is 0 Å². The first kappa shape index (κ1) is 19.1. The Labute approximate surface area is 146 Å². The largest absolute Gasteiger partial charge is 0.355 e. The first-order chi connectivity index (χ1) is 11.3. The molecule has 9 heteroatoms. The number of benzene rings is 1. The number of rotatable bonds is 6. The van der Waals surface area contributed by atoms with Crippen LogP contribution in [0, 0.1) is 5.82 Å². The zero-order valence-electron chi connectivity index (χ0n) is 13.5. The summed E-state index contributed by atoms with van der Waals surface area (Å²) in [4.78, 5) is 13.6. The van der Waals surface area contributed by atoms with Crippen molar-refractivity contribution in [3.8, 4) is 0 Å². The average molecular weight is 378 g/mol. The first-order valence-electron chi connectivity index (χ1n) is 7.79. The zero-order chi connectivity index (χ0) is 17.7. The van der Waals surface area contributed by atoms with Crippen LogP contribution in [0.3, 0.4) is 0 Å². The SMILES string of the molecule is CCCNC(=O)CN1CCN(S(=O)(=O)c2ccc(F)c(Cl)c2)CC1. The molecule has 0 aromatic heterocycles. The summed E-state index contributed by atoms with van der Waals surface area (Å²) in [6.45, 7) is 4.36. The Kier molecular flexibility index (Phi) is 6.56. The first-order valence-corrected chi connectivity index (χ1v) is 9.60. The average Bonchev–Trinajstić information content (AvgIpc) is 2.56. The van der Waals surface area contributed by atoms with Gasteiger partial charge in [-0.15, -0.1) is 0 Å². The lowest BCUT2D eigenvalue weighted by Gasteiger charge is -2.33. The van der Waals surface area contributed by atoms with Crippen LogP contribution in [0.1, 0.15) is 13.3 Å². The van der Waals surface area contributed by atoms with Crippen molar-refractivity contribution < 1.29 is 17.6 Å². The van der Waals surface area contributed by atoms with Crippen molar-refractivity contribution in [2.75, 3.05) is 39.3 Å². The molecule has 1 heterocycles. The van der Waals surface area contributed by atoms with Crippen LogP contribution >= 0.6 is 11.6 Å². The quantitative estimate of drug-likeness (QED) is 0.811. The fourth-order valence-corrected chi connectivity index (χ4v) is 4.13. The molecule has 1 amide bonds. The number of nitrogens with one attached hydrogen (secondary N) is 1. The van der Waals surface area contributed by atoms with Crippen molar-refractivity contribution in [2.45, 2.75) is 18.2 Å². The number of nitrogens with zero attached hydrogens (tertiary/aromatic N) is 2. The van der Waals surface area contributed by atoms with Crippen LogP contribution < -0.4 is 5.32 Å². The minimum atomic E-state index is -3.71. The highest BCUT2D eigenvalue weighted by atomic mass is 35.5. The number of hydrogen-bond donors (Lipinski definition) is 1. The summed E-state index contributed by atoms with van der Waals surface area (Å²) < 4.78 is 39.7. The summed E-state index contributed by atoms with van der Waals surface area (Å²) in [5.41, 5.74) is 0. The maximum atomic E-state index is 13.2. The molecule has 0 radical (unpaired) electrons. The molecule has 6 nitrogen and oxygen atoms in total. The maximum absolute atomic E-state index is 13.2. The molecule has 1 aromatic rings. The molecule has 1 saturated heterocycles. The third kappa shape index (κ3) is 4.66. The molecule has 0 bridgehead atoms. The van der Waals surface area contributed by atoms with E-state index in [1.807, 2.05) is 11.8 Å². The number of hydrogen-bond acceptors (Lipinski definition) is 4. The minimum absolute atomic E-state index is 0.0250. The molecule has 1 aliphatic rings. The summed E-state index contributed by atoms with van der Waals surface area (Å²) in [5.74, 6) is -0.711. The van der Waals surface area contributed by atoms with E-state index >= 15 is 0 Å². The minimum Gasteiger partial charge on any atom is -0.355 e. The summed E-state index contributed by atoms with van der Waals surface area (Å²) >= 11 is 5.67. The van der Waals surface area contributed by atoms with Crippen LogP contribution in [0.25, 0.3) is 0 Å². The van der Waals surface area contributed by atoms with Crippen LogP contribution in [-0.4, -0.2) is 62.8 Å². The molecule has 0 unspecified atom stereocenters. The Morgan fingerprint density at radius 2 is 1.96 bits per heavy atom. The Morgan fingerprint density at radius 3 is 2.54 bits per heavy atom. The van der Waals surface area contributed by atoms with E-state index in [4.69, 9.17) is 11.6 Å². The third-order valence-electron chi connectivity index (χ3n) is 3.80. The third-order valence-corrected chi connectivity index (χ3v) is 5.98. The number of carbonyl (C=O) groups is 1. The van der Waals surface area contributed by atoms with Crippen molar-refractivity contribution in [1.29, 1.82) is 0 Å². The number of carbonyl (C=O) groups excluding carboxylic acids is 1.